The van der Waals surface area contributed by atoms with Gasteiger partial charge in [0.1, 0.15) is 0 Å². The Hall–Kier alpha value is -2.68. The van der Waals surface area contributed by atoms with Gasteiger partial charge in [-0.15, -0.1) is 11.3 Å². The summed E-state index contributed by atoms with van der Waals surface area (Å²) in [5.41, 5.74) is 2.74. The third-order valence-corrected chi connectivity index (χ3v) is 6.11. The Morgan fingerprint density at radius 1 is 1.30 bits per heavy atom. The van der Waals surface area contributed by atoms with Crippen LogP contribution in [0.3, 0.4) is 0 Å². The Morgan fingerprint density at radius 3 is 2.73 bits per heavy atom. The number of aromatic nitrogens is 2. The van der Waals surface area contributed by atoms with Crippen molar-refractivity contribution in [3.63, 3.8) is 0 Å². The number of thiophene rings is 1. The van der Waals surface area contributed by atoms with E-state index in [-0.39, 0.29) is 5.28 Å². The van der Waals surface area contributed by atoms with Gasteiger partial charge in [-0.1, -0.05) is 12.1 Å². The van der Waals surface area contributed by atoms with Gasteiger partial charge in [0.2, 0.25) is 5.28 Å². The van der Waals surface area contributed by atoms with Gasteiger partial charge in [0.25, 0.3) is 0 Å². The topological polar surface area (TPSA) is 78.8 Å². The first-order chi connectivity index (χ1) is 14.5. The van der Waals surface area contributed by atoms with Gasteiger partial charge in [-0.25, -0.2) is 9.78 Å². The second-order valence-corrected chi connectivity index (χ2v) is 8.44. The summed E-state index contributed by atoms with van der Waals surface area (Å²) >= 11 is 7.87. The normalized spacial score (nSPS) is 14.5. The fraction of sp³-hybridized carbons (Fsp3) is 0.286. The maximum Gasteiger partial charge on any atom is 0.328 e. The van der Waals surface area contributed by atoms with Crippen LogP contribution in [0, 0.1) is 0 Å². The lowest BCUT2D eigenvalue weighted by Crippen LogP contribution is -2.36. The molecule has 156 valence electrons. The van der Waals surface area contributed by atoms with Crippen LogP contribution in [0.5, 0.6) is 0 Å². The highest BCUT2D eigenvalue weighted by atomic mass is 35.5. The average molecular weight is 445 g/mol. The number of nitrogens with zero attached hydrogens (tertiary/aromatic N) is 4. The smallest absolute Gasteiger partial charge is 0.328 e. The summed E-state index contributed by atoms with van der Waals surface area (Å²) in [7, 11) is 2.02. The van der Waals surface area contributed by atoms with E-state index >= 15 is 0 Å². The molecule has 0 aliphatic carbocycles. The maximum atomic E-state index is 10.6. The van der Waals surface area contributed by atoms with E-state index in [4.69, 9.17) is 21.4 Å². The molecule has 2 aromatic heterocycles. The minimum atomic E-state index is -0.958. The monoisotopic (exact) mass is 444 g/mol. The van der Waals surface area contributed by atoms with Crippen molar-refractivity contribution in [2.24, 2.45) is 0 Å². The largest absolute Gasteiger partial charge is 0.478 e. The number of carboxylic acid groups (broad SMARTS) is 1. The Kier molecular flexibility index (Phi) is 6.17. The molecule has 1 aliphatic heterocycles. The quantitative estimate of drug-likeness (QED) is 0.456. The van der Waals surface area contributed by atoms with E-state index in [1.807, 2.05) is 31.3 Å². The molecule has 0 unspecified atom stereocenters. The van der Waals surface area contributed by atoms with Gasteiger partial charge in [-0.05, 0) is 41.4 Å². The molecule has 4 rings (SSSR count). The van der Waals surface area contributed by atoms with Gasteiger partial charge >= 0.3 is 5.97 Å². The molecule has 0 atom stereocenters. The molecule has 0 bridgehead atoms. The van der Waals surface area contributed by atoms with Crippen LogP contribution in [-0.2, 0) is 16.1 Å². The molecule has 1 saturated heterocycles. The van der Waals surface area contributed by atoms with E-state index in [9.17, 15) is 4.79 Å². The fourth-order valence-electron chi connectivity index (χ4n) is 3.34. The highest BCUT2D eigenvalue weighted by Crippen LogP contribution is 2.34. The van der Waals surface area contributed by atoms with Gasteiger partial charge < -0.3 is 19.6 Å². The molecule has 0 amide bonds. The van der Waals surface area contributed by atoms with E-state index in [2.05, 4.69) is 25.8 Å². The zero-order valence-corrected chi connectivity index (χ0v) is 18.0. The van der Waals surface area contributed by atoms with E-state index in [1.165, 1.54) is 0 Å². The third kappa shape index (κ3) is 4.72. The molecule has 1 fully saturated rings. The van der Waals surface area contributed by atoms with Crippen molar-refractivity contribution >= 4 is 56.7 Å². The van der Waals surface area contributed by atoms with Crippen molar-refractivity contribution in [1.29, 1.82) is 0 Å². The number of halogens is 1. The van der Waals surface area contributed by atoms with Crippen LogP contribution in [0.25, 0.3) is 16.3 Å². The number of anilines is 2. The molecule has 7 nitrogen and oxygen atoms in total. The molecular formula is C21H21ClN4O3S. The summed E-state index contributed by atoms with van der Waals surface area (Å²) in [5.74, 6) is -0.0811. The Bertz CT molecular complexity index is 1080. The lowest BCUT2D eigenvalue weighted by molar-refractivity contribution is -0.131. The standard InChI is InChI=1S/C21H21ClN4O3S/c1-25(15-5-2-14(3-6-15)4-7-18(27)28)13-16-12-17-19(30-16)20(24-21(22)23-17)26-8-10-29-11-9-26/h2-7,12H,8-11,13H2,1H3,(H,27,28). The fourth-order valence-corrected chi connectivity index (χ4v) is 4.67. The molecular weight excluding hydrogens is 424 g/mol. The van der Waals surface area contributed by atoms with Crippen LogP contribution in [0.15, 0.2) is 36.4 Å². The number of ether oxygens (including phenoxy) is 1. The van der Waals surface area contributed by atoms with Crippen LogP contribution in [0.1, 0.15) is 10.4 Å². The zero-order valence-electron chi connectivity index (χ0n) is 16.4. The van der Waals surface area contributed by atoms with Crippen LogP contribution in [-0.4, -0.2) is 54.4 Å². The van der Waals surface area contributed by atoms with Crippen molar-refractivity contribution in [2.45, 2.75) is 6.54 Å². The van der Waals surface area contributed by atoms with Crippen LogP contribution in [0.4, 0.5) is 11.5 Å². The SMILES string of the molecule is CN(Cc1cc2nc(Cl)nc(N3CCOCC3)c2s1)c1ccc(C=CC(=O)O)cc1. The lowest BCUT2D eigenvalue weighted by Gasteiger charge is -2.28. The van der Waals surface area contributed by atoms with Crippen LogP contribution in [0.2, 0.25) is 5.28 Å². The van der Waals surface area contributed by atoms with Gasteiger partial charge in [-0.2, -0.15) is 4.98 Å². The molecule has 30 heavy (non-hydrogen) atoms. The van der Waals surface area contributed by atoms with Gasteiger partial charge in [0, 0.05) is 36.8 Å². The first-order valence-corrected chi connectivity index (χ1v) is 10.7. The minimum absolute atomic E-state index is 0.256. The minimum Gasteiger partial charge on any atom is -0.478 e. The first kappa shape index (κ1) is 20.6. The number of benzene rings is 1. The number of carbonyl (C=O) groups is 1. The number of rotatable bonds is 6. The van der Waals surface area contributed by atoms with Crippen molar-refractivity contribution in [1.82, 2.24) is 9.97 Å². The number of carboxylic acids is 1. The molecule has 3 heterocycles. The first-order valence-electron chi connectivity index (χ1n) is 9.50. The summed E-state index contributed by atoms with van der Waals surface area (Å²) in [6.07, 6.45) is 2.71. The molecule has 3 aromatic rings. The highest BCUT2D eigenvalue weighted by Gasteiger charge is 2.19. The Balaban J connectivity index is 1.54. The molecule has 1 N–H and O–H groups in total. The summed E-state index contributed by atoms with van der Waals surface area (Å²) < 4.78 is 6.49. The summed E-state index contributed by atoms with van der Waals surface area (Å²) in [5, 5.41) is 9.00. The predicted octanol–water partition coefficient (Wildman–Crippen LogP) is 3.92. The molecule has 0 radical (unpaired) electrons. The van der Waals surface area contributed by atoms with E-state index in [1.54, 1.807) is 17.4 Å². The van der Waals surface area contributed by atoms with Crippen molar-refractivity contribution in [3.8, 4) is 0 Å². The zero-order chi connectivity index (χ0) is 21.1. The maximum absolute atomic E-state index is 10.6. The number of morpholine rings is 1. The van der Waals surface area contributed by atoms with E-state index < -0.39 is 5.97 Å². The summed E-state index contributed by atoms with van der Waals surface area (Å²) in [4.78, 5) is 25.0. The van der Waals surface area contributed by atoms with Gasteiger partial charge in [-0.3, -0.25) is 0 Å². The average Bonchev–Trinajstić information content (AvgIpc) is 3.14. The molecule has 1 aliphatic rings. The molecule has 0 saturated carbocycles. The second kappa shape index (κ2) is 8.99. The van der Waals surface area contributed by atoms with Crippen LogP contribution < -0.4 is 9.80 Å². The highest BCUT2D eigenvalue weighted by molar-refractivity contribution is 7.19. The van der Waals surface area contributed by atoms with Gasteiger partial charge in [0.15, 0.2) is 5.82 Å². The second-order valence-electron chi connectivity index (χ2n) is 6.96. The van der Waals surface area contributed by atoms with Crippen LogP contribution >= 0.6 is 22.9 Å². The van der Waals surface area contributed by atoms with E-state index in [0.29, 0.717) is 19.8 Å². The third-order valence-electron chi connectivity index (χ3n) is 4.83. The molecule has 1 aromatic carbocycles. The number of fused-ring (bicyclic) bond motifs is 1. The molecule has 9 heteroatoms. The Labute approximate surface area is 183 Å². The molecule has 0 spiro atoms. The summed E-state index contributed by atoms with van der Waals surface area (Å²) in [6, 6.07) is 9.82. The summed E-state index contributed by atoms with van der Waals surface area (Å²) in [6.45, 7) is 3.66. The van der Waals surface area contributed by atoms with Crippen molar-refractivity contribution < 1.29 is 14.6 Å². The Morgan fingerprint density at radius 2 is 2.03 bits per heavy atom. The van der Waals surface area contributed by atoms with Gasteiger partial charge in [0.05, 0.1) is 30.0 Å². The number of aliphatic carboxylic acids is 1. The number of hydrogen-bond acceptors (Lipinski definition) is 7. The van der Waals surface area contributed by atoms with E-state index in [0.717, 1.165) is 51.3 Å². The number of hydrogen-bond donors (Lipinski definition) is 1. The van der Waals surface area contributed by atoms with Crippen molar-refractivity contribution in [2.75, 3.05) is 43.2 Å². The predicted molar refractivity (Wildman–Crippen MR) is 121 cm³/mol. The lowest BCUT2D eigenvalue weighted by atomic mass is 10.2. The van der Waals surface area contributed by atoms with Crippen molar-refractivity contribution in [3.05, 3.63) is 52.1 Å².